The van der Waals surface area contributed by atoms with E-state index in [0.29, 0.717) is 11.8 Å². The van der Waals surface area contributed by atoms with Crippen LogP contribution in [0.25, 0.3) is 0 Å². The van der Waals surface area contributed by atoms with Crippen LogP contribution in [-0.2, 0) is 4.79 Å². The number of aliphatic hydroxyl groups is 1. The number of fused-ring (bicyclic) bond motifs is 2. The Kier molecular flexibility index (Phi) is 4.41. The predicted octanol–water partition coefficient (Wildman–Crippen LogP) is 1.28. The average Bonchev–Trinajstić information content (AvgIpc) is 2.93. The second kappa shape index (κ2) is 6.54. The van der Waals surface area contributed by atoms with Crippen molar-refractivity contribution < 1.29 is 14.7 Å². The second-order valence-corrected chi connectivity index (χ2v) is 8.30. The minimum atomic E-state index is -0.492. The molecule has 3 amide bonds. The van der Waals surface area contributed by atoms with Crippen LogP contribution in [0.15, 0.2) is 0 Å². The molecule has 0 bridgehead atoms. The standard InChI is InChI=1S/C18H29N3O3/c22-16-8-11-4-2-1-3-10(11)7-13(16)17(23)19-12-5-6-14-15(9-12)21-18(24)20-14/h10-16,22H,1-9H2,(H,19,23)(H2,20,21,24). The Morgan fingerprint density at radius 2 is 1.67 bits per heavy atom. The molecular weight excluding hydrogens is 306 g/mol. The van der Waals surface area contributed by atoms with Crippen LogP contribution in [0.1, 0.15) is 57.8 Å². The third-order valence-electron chi connectivity index (χ3n) is 6.80. The van der Waals surface area contributed by atoms with Gasteiger partial charge < -0.3 is 21.1 Å². The molecule has 3 aliphatic carbocycles. The van der Waals surface area contributed by atoms with Crippen molar-refractivity contribution >= 4 is 11.9 Å². The number of carbonyl (C=O) groups is 2. The van der Waals surface area contributed by atoms with E-state index >= 15 is 0 Å². The molecule has 4 rings (SSSR count). The third kappa shape index (κ3) is 3.13. The molecule has 0 spiro atoms. The summed E-state index contributed by atoms with van der Waals surface area (Å²) in [4.78, 5) is 24.2. The van der Waals surface area contributed by atoms with Crippen molar-refractivity contribution in [2.24, 2.45) is 17.8 Å². The fourth-order valence-electron chi connectivity index (χ4n) is 5.47. The largest absolute Gasteiger partial charge is 0.392 e. The van der Waals surface area contributed by atoms with Crippen molar-refractivity contribution in [3.63, 3.8) is 0 Å². The molecule has 0 aromatic rings. The summed E-state index contributed by atoms with van der Waals surface area (Å²) in [7, 11) is 0. The number of hydrogen-bond acceptors (Lipinski definition) is 3. The summed E-state index contributed by atoms with van der Waals surface area (Å²) < 4.78 is 0. The maximum absolute atomic E-state index is 12.7. The summed E-state index contributed by atoms with van der Waals surface area (Å²) in [5.74, 6) is 1.01. The molecule has 6 heteroatoms. The van der Waals surface area contributed by atoms with Crippen LogP contribution >= 0.6 is 0 Å². The van der Waals surface area contributed by atoms with E-state index in [0.717, 1.165) is 32.1 Å². The molecule has 24 heavy (non-hydrogen) atoms. The minimum Gasteiger partial charge on any atom is -0.392 e. The number of nitrogens with one attached hydrogen (secondary N) is 3. The zero-order valence-electron chi connectivity index (χ0n) is 14.2. The molecule has 0 aromatic carbocycles. The average molecular weight is 335 g/mol. The highest BCUT2D eigenvalue weighted by Crippen LogP contribution is 2.43. The minimum absolute atomic E-state index is 0.0206. The zero-order valence-corrected chi connectivity index (χ0v) is 14.2. The fourth-order valence-corrected chi connectivity index (χ4v) is 5.47. The Morgan fingerprint density at radius 1 is 0.958 bits per heavy atom. The van der Waals surface area contributed by atoms with Gasteiger partial charge in [0.1, 0.15) is 0 Å². The Hall–Kier alpha value is -1.30. The smallest absolute Gasteiger partial charge is 0.315 e. The highest BCUT2D eigenvalue weighted by Gasteiger charge is 2.42. The fraction of sp³-hybridized carbons (Fsp3) is 0.889. The SMILES string of the molecule is O=C1NC2CCC(NC(=O)C3CC4CCCCC4CC3O)CC2N1. The summed E-state index contributed by atoms with van der Waals surface area (Å²) in [5.41, 5.74) is 0. The first-order chi connectivity index (χ1) is 11.6. The van der Waals surface area contributed by atoms with Crippen LogP contribution in [0.5, 0.6) is 0 Å². The van der Waals surface area contributed by atoms with Crippen LogP contribution in [0.4, 0.5) is 4.79 Å². The number of rotatable bonds is 2. The van der Waals surface area contributed by atoms with Crippen molar-refractivity contribution in [1.29, 1.82) is 0 Å². The van der Waals surface area contributed by atoms with Crippen LogP contribution in [-0.4, -0.2) is 41.3 Å². The van der Waals surface area contributed by atoms with Crippen LogP contribution < -0.4 is 16.0 Å². The number of amides is 3. The van der Waals surface area contributed by atoms with Crippen molar-refractivity contribution in [3.8, 4) is 0 Å². The Labute approximate surface area is 143 Å². The maximum Gasteiger partial charge on any atom is 0.315 e. The first-order valence-corrected chi connectivity index (χ1v) is 9.65. The van der Waals surface area contributed by atoms with Gasteiger partial charge in [0.05, 0.1) is 24.1 Å². The lowest BCUT2D eigenvalue weighted by atomic mass is 9.66. The van der Waals surface area contributed by atoms with Gasteiger partial charge in [0.15, 0.2) is 0 Å². The second-order valence-electron chi connectivity index (χ2n) is 8.30. The molecule has 4 fully saturated rings. The lowest BCUT2D eigenvalue weighted by molar-refractivity contribution is -0.134. The van der Waals surface area contributed by atoms with E-state index in [-0.39, 0.29) is 36.0 Å². The van der Waals surface area contributed by atoms with Crippen LogP contribution in [0.2, 0.25) is 0 Å². The summed E-state index contributed by atoms with van der Waals surface area (Å²) in [6, 6.07) is 0.336. The monoisotopic (exact) mass is 335 g/mol. The normalized spacial score (nSPS) is 44.7. The number of urea groups is 1. The highest BCUT2D eigenvalue weighted by atomic mass is 16.3. The van der Waals surface area contributed by atoms with Crippen molar-refractivity contribution in [2.45, 2.75) is 82.0 Å². The van der Waals surface area contributed by atoms with Gasteiger partial charge in [-0.2, -0.15) is 0 Å². The summed E-state index contributed by atoms with van der Waals surface area (Å²) in [6.07, 6.45) is 8.68. The van der Waals surface area contributed by atoms with Crippen molar-refractivity contribution in [3.05, 3.63) is 0 Å². The summed E-state index contributed by atoms with van der Waals surface area (Å²) in [5, 5.41) is 19.5. The summed E-state index contributed by atoms with van der Waals surface area (Å²) >= 11 is 0. The number of hydrogen-bond donors (Lipinski definition) is 4. The van der Waals surface area contributed by atoms with Gasteiger partial charge in [-0.15, -0.1) is 0 Å². The van der Waals surface area contributed by atoms with E-state index in [2.05, 4.69) is 16.0 Å². The van der Waals surface area contributed by atoms with E-state index in [4.69, 9.17) is 0 Å². The first-order valence-electron chi connectivity index (χ1n) is 9.65. The number of carbonyl (C=O) groups excluding carboxylic acids is 2. The third-order valence-corrected chi connectivity index (χ3v) is 6.80. The number of aliphatic hydroxyl groups excluding tert-OH is 1. The molecule has 0 radical (unpaired) electrons. The molecule has 1 aliphatic heterocycles. The van der Waals surface area contributed by atoms with Crippen LogP contribution in [0.3, 0.4) is 0 Å². The van der Waals surface area contributed by atoms with Gasteiger partial charge in [0.25, 0.3) is 0 Å². The van der Waals surface area contributed by atoms with Gasteiger partial charge in [-0.3, -0.25) is 4.79 Å². The molecule has 4 N–H and O–H groups in total. The molecule has 4 aliphatic rings. The van der Waals surface area contributed by atoms with E-state index in [1.54, 1.807) is 0 Å². The van der Waals surface area contributed by atoms with E-state index in [1.807, 2.05) is 0 Å². The van der Waals surface area contributed by atoms with E-state index in [1.165, 1.54) is 25.7 Å². The quantitative estimate of drug-likeness (QED) is 0.613. The van der Waals surface area contributed by atoms with Crippen molar-refractivity contribution in [2.75, 3.05) is 0 Å². The molecule has 1 saturated heterocycles. The molecule has 6 nitrogen and oxygen atoms in total. The lowest BCUT2D eigenvalue weighted by Crippen LogP contribution is -2.51. The molecular formula is C18H29N3O3. The van der Waals surface area contributed by atoms with Gasteiger partial charge in [0.2, 0.25) is 5.91 Å². The van der Waals surface area contributed by atoms with Crippen molar-refractivity contribution in [1.82, 2.24) is 16.0 Å². The van der Waals surface area contributed by atoms with Gasteiger partial charge in [0, 0.05) is 6.04 Å². The van der Waals surface area contributed by atoms with Gasteiger partial charge in [-0.05, 0) is 43.9 Å². The lowest BCUT2D eigenvalue weighted by Gasteiger charge is -2.42. The zero-order chi connectivity index (χ0) is 16.7. The highest BCUT2D eigenvalue weighted by molar-refractivity contribution is 5.80. The Morgan fingerprint density at radius 3 is 2.46 bits per heavy atom. The van der Waals surface area contributed by atoms with E-state index < -0.39 is 6.10 Å². The topological polar surface area (TPSA) is 90.5 Å². The molecule has 0 aromatic heterocycles. The van der Waals surface area contributed by atoms with E-state index in [9.17, 15) is 14.7 Å². The van der Waals surface area contributed by atoms with Gasteiger partial charge in [-0.1, -0.05) is 25.7 Å². The Balaban J connectivity index is 1.33. The molecule has 134 valence electrons. The molecule has 1 heterocycles. The van der Waals surface area contributed by atoms with Gasteiger partial charge >= 0.3 is 6.03 Å². The van der Waals surface area contributed by atoms with Crippen LogP contribution in [0, 0.1) is 17.8 Å². The summed E-state index contributed by atoms with van der Waals surface area (Å²) in [6.45, 7) is 0. The van der Waals surface area contributed by atoms with Gasteiger partial charge in [-0.25, -0.2) is 4.79 Å². The Bertz CT molecular complexity index is 512. The predicted molar refractivity (Wildman–Crippen MR) is 89.2 cm³/mol. The maximum atomic E-state index is 12.7. The first kappa shape index (κ1) is 16.2. The molecule has 7 unspecified atom stereocenters. The molecule has 3 saturated carbocycles. The molecule has 7 atom stereocenters.